The Morgan fingerprint density at radius 1 is 1.53 bits per heavy atom. The molecule has 15 heavy (non-hydrogen) atoms. The molecule has 0 aromatic heterocycles. The van der Waals surface area contributed by atoms with E-state index in [0.717, 1.165) is 23.0 Å². The zero-order valence-corrected chi connectivity index (χ0v) is 9.90. The number of nitrogens with two attached hydrogens (primary N) is 1. The van der Waals surface area contributed by atoms with Crippen LogP contribution in [0.3, 0.4) is 0 Å². The summed E-state index contributed by atoms with van der Waals surface area (Å²) in [5.41, 5.74) is 6.49. The molecule has 1 unspecified atom stereocenters. The molecule has 1 fully saturated rings. The number of rotatable bonds is 1. The molecule has 2 N–H and O–H groups in total. The van der Waals surface area contributed by atoms with Gasteiger partial charge in [0.25, 0.3) is 5.91 Å². The number of carbonyl (C=O) groups excluding carboxylic acids is 1. The lowest BCUT2D eigenvalue weighted by Gasteiger charge is -2.15. The molecule has 1 aliphatic rings. The third-order valence-corrected chi connectivity index (χ3v) is 3.08. The molecule has 1 aliphatic heterocycles. The molecular weight excluding hydrogens is 256 g/mol. The fourth-order valence-corrected chi connectivity index (χ4v) is 2.18. The van der Waals surface area contributed by atoms with Crippen LogP contribution < -0.4 is 5.73 Å². The van der Waals surface area contributed by atoms with E-state index in [4.69, 9.17) is 5.73 Å². The van der Waals surface area contributed by atoms with Crippen molar-refractivity contribution in [2.45, 2.75) is 12.5 Å². The van der Waals surface area contributed by atoms with Crippen LogP contribution in [0, 0.1) is 0 Å². The summed E-state index contributed by atoms with van der Waals surface area (Å²) < 4.78 is 0.928. The number of benzene rings is 1. The van der Waals surface area contributed by atoms with Crippen molar-refractivity contribution >= 4 is 21.8 Å². The average Bonchev–Trinajstić information content (AvgIpc) is 2.64. The third-order valence-electron chi connectivity index (χ3n) is 2.58. The van der Waals surface area contributed by atoms with Crippen molar-refractivity contribution in [2.24, 2.45) is 5.73 Å². The lowest BCUT2D eigenvalue weighted by molar-refractivity contribution is 0.0791. The van der Waals surface area contributed by atoms with Crippen LogP contribution in [0.4, 0.5) is 0 Å². The Morgan fingerprint density at radius 2 is 2.33 bits per heavy atom. The van der Waals surface area contributed by atoms with Gasteiger partial charge in [-0.1, -0.05) is 22.0 Å². The summed E-state index contributed by atoms with van der Waals surface area (Å²) in [6.07, 6.45) is 0.903. The zero-order chi connectivity index (χ0) is 10.8. The van der Waals surface area contributed by atoms with Gasteiger partial charge in [-0.3, -0.25) is 4.79 Å². The third kappa shape index (κ3) is 2.38. The van der Waals surface area contributed by atoms with Gasteiger partial charge in [0.2, 0.25) is 0 Å². The predicted octanol–water partition coefficient (Wildman–Crippen LogP) is 1.62. The van der Waals surface area contributed by atoms with Crippen molar-refractivity contribution in [1.29, 1.82) is 0 Å². The molecule has 0 bridgehead atoms. The number of amides is 1. The Hall–Kier alpha value is -0.870. The summed E-state index contributed by atoms with van der Waals surface area (Å²) in [7, 11) is 0. The Balaban J connectivity index is 2.14. The van der Waals surface area contributed by atoms with Crippen LogP contribution in [0.2, 0.25) is 0 Å². The van der Waals surface area contributed by atoms with Gasteiger partial charge in [-0.15, -0.1) is 0 Å². The molecule has 1 saturated heterocycles. The van der Waals surface area contributed by atoms with Crippen molar-refractivity contribution in [2.75, 3.05) is 13.1 Å². The van der Waals surface area contributed by atoms with E-state index in [1.807, 2.05) is 29.2 Å². The Morgan fingerprint density at radius 3 is 2.93 bits per heavy atom. The van der Waals surface area contributed by atoms with Crippen LogP contribution in [0.5, 0.6) is 0 Å². The van der Waals surface area contributed by atoms with E-state index in [0.29, 0.717) is 6.54 Å². The maximum absolute atomic E-state index is 12.0. The molecule has 1 aromatic rings. The van der Waals surface area contributed by atoms with Gasteiger partial charge < -0.3 is 10.6 Å². The number of carbonyl (C=O) groups is 1. The van der Waals surface area contributed by atoms with E-state index in [2.05, 4.69) is 15.9 Å². The molecule has 80 valence electrons. The minimum absolute atomic E-state index is 0.0734. The van der Waals surface area contributed by atoms with E-state index in [1.165, 1.54) is 0 Å². The Bertz CT molecular complexity index is 381. The normalized spacial score (nSPS) is 20.7. The van der Waals surface area contributed by atoms with E-state index >= 15 is 0 Å². The lowest BCUT2D eigenvalue weighted by atomic mass is 10.2. The van der Waals surface area contributed by atoms with Crippen LogP contribution in [0.15, 0.2) is 28.7 Å². The summed E-state index contributed by atoms with van der Waals surface area (Å²) in [6, 6.07) is 7.59. The highest BCUT2D eigenvalue weighted by Crippen LogP contribution is 2.16. The van der Waals surface area contributed by atoms with Crippen molar-refractivity contribution in [3.05, 3.63) is 34.3 Å². The topological polar surface area (TPSA) is 46.3 Å². The number of nitrogens with zero attached hydrogens (tertiary/aromatic N) is 1. The zero-order valence-electron chi connectivity index (χ0n) is 8.32. The summed E-state index contributed by atoms with van der Waals surface area (Å²) in [5.74, 6) is 0.0734. The second-order valence-corrected chi connectivity index (χ2v) is 4.73. The van der Waals surface area contributed by atoms with Gasteiger partial charge in [0, 0.05) is 29.2 Å². The highest BCUT2D eigenvalue weighted by Gasteiger charge is 2.24. The average molecular weight is 269 g/mol. The molecule has 1 amide bonds. The highest BCUT2D eigenvalue weighted by atomic mass is 79.9. The number of hydrogen-bond donors (Lipinski definition) is 1. The van der Waals surface area contributed by atoms with Crippen molar-refractivity contribution in [3.8, 4) is 0 Å². The number of likely N-dealkylation sites (tertiary alicyclic amines) is 1. The molecule has 2 rings (SSSR count). The number of halogens is 1. The van der Waals surface area contributed by atoms with Crippen LogP contribution >= 0.6 is 15.9 Å². The van der Waals surface area contributed by atoms with Gasteiger partial charge in [0.15, 0.2) is 0 Å². The first kappa shape index (κ1) is 10.6. The van der Waals surface area contributed by atoms with Gasteiger partial charge in [0.05, 0.1) is 0 Å². The lowest BCUT2D eigenvalue weighted by Crippen LogP contribution is -2.31. The van der Waals surface area contributed by atoms with E-state index in [-0.39, 0.29) is 11.9 Å². The molecule has 0 radical (unpaired) electrons. The highest BCUT2D eigenvalue weighted by molar-refractivity contribution is 9.10. The Labute approximate surface area is 97.4 Å². The summed E-state index contributed by atoms with van der Waals surface area (Å²) in [6.45, 7) is 1.44. The van der Waals surface area contributed by atoms with Gasteiger partial charge in [-0.2, -0.15) is 0 Å². The van der Waals surface area contributed by atoms with Gasteiger partial charge in [-0.25, -0.2) is 0 Å². The maximum Gasteiger partial charge on any atom is 0.253 e. The largest absolute Gasteiger partial charge is 0.337 e. The van der Waals surface area contributed by atoms with E-state index in [9.17, 15) is 4.79 Å². The minimum atomic E-state index is 0.0734. The van der Waals surface area contributed by atoms with Crippen LogP contribution in [-0.4, -0.2) is 29.9 Å². The first-order chi connectivity index (χ1) is 7.16. The van der Waals surface area contributed by atoms with E-state index < -0.39 is 0 Å². The van der Waals surface area contributed by atoms with E-state index in [1.54, 1.807) is 0 Å². The van der Waals surface area contributed by atoms with Crippen LogP contribution in [-0.2, 0) is 0 Å². The van der Waals surface area contributed by atoms with Gasteiger partial charge >= 0.3 is 0 Å². The molecule has 0 aliphatic carbocycles. The molecule has 1 atom stereocenters. The molecule has 3 nitrogen and oxygen atoms in total. The summed E-state index contributed by atoms with van der Waals surface area (Å²) in [4.78, 5) is 13.8. The smallest absolute Gasteiger partial charge is 0.253 e. The maximum atomic E-state index is 12.0. The minimum Gasteiger partial charge on any atom is -0.337 e. The summed E-state index contributed by atoms with van der Waals surface area (Å²) >= 11 is 3.36. The molecule has 0 spiro atoms. The second-order valence-electron chi connectivity index (χ2n) is 3.81. The fourth-order valence-electron chi connectivity index (χ4n) is 1.78. The first-order valence-electron chi connectivity index (χ1n) is 4.97. The quantitative estimate of drug-likeness (QED) is 0.842. The van der Waals surface area contributed by atoms with Crippen LogP contribution in [0.1, 0.15) is 16.8 Å². The van der Waals surface area contributed by atoms with Gasteiger partial charge in [0.1, 0.15) is 0 Å². The monoisotopic (exact) mass is 268 g/mol. The summed E-state index contributed by atoms with van der Waals surface area (Å²) in [5, 5.41) is 0. The molecular formula is C11H13BrN2O. The molecule has 1 aromatic carbocycles. The first-order valence-corrected chi connectivity index (χ1v) is 5.76. The predicted molar refractivity (Wildman–Crippen MR) is 62.6 cm³/mol. The van der Waals surface area contributed by atoms with Gasteiger partial charge in [-0.05, 0) is 24.6 Å². The SMILES string of the molecule is NC1CCN(C(=O)c2cccc(Br)c2)C1. The fraction of sp³-hybridized carbons (Fsp3) is 0.364. The second kappa shape index (κ2) is 4.33. The van der Waals surface area contributed by atoms with Crippen molar-refractivity contribution in [3.63, 3.8) is 0 Å². The molecule has 4 heteroatoms. The van der Waals surface area contributed by atoms with Crippen molar-refractivity contribution in [1.82, 2.24) is 4.90 Å². The molecule has 1 heterocycles. The van der Waals surface area contributed by atoms with Crippen LogP contribution in [0.25, 0.3) is 0 Å². The number of hydrogen-bond acceptors (Lipinski definition) is 2. The standard InChI is InChI=1S/C11H13BrN2O/c12-9-3-1-2-8(6-9)11(15)14-5-4-10(13)7-14/h1-3,6,10H,4-5,7,13H2. The molecule has 0 saturated carbocycles. The Kier molecular flexibility index (Phi) is 3.07. The van der Waals surface area contributed by atoms with Crippen molar-refractivity contribution < 1.29 is 4.79 Å².